The third-order valence-corrected chi connectivity index (χ3v) is 4.28. The Kier molecular flexibility index (Phi) is 4.32. The lowest BCUT2D eigenvalue weighted by Gasteiger charge is -2.14. The molecule has 6 heteroatoms. The second-order valence-corrected chi connectivity index (χ2v) is 6.07. The number of anilines is 2. The highest BCUT2D eigenvalue weighted by molar-refractivity contribution is 5.97. The van der Waals surface area contributed by atoms with E-state index in [1.807, 2.05) is 66.7 Å². The Morgan fingerprint density at radius 2 is 1.63 bits per heavy atom. The number of rotatable bonds is 4. The molecule has 27 heavy (non-hydrogen) atoms. The van der Waals surface area contributed by atoms with Crippen LogP contribution in [0.5, 0.6) is 11.5 Å². The van der Waals surface area contributed by atoms with E-state index < -0.39 is 0 Å². The summed E-state index contributed by atoms with van der Waals surface area (Å²) in [5.41, 5.74) is 15.0. The summed E-state index contributed by atoms with van der Waals surface area (Å²) in [7, 11) is 0. The maximum Gasteiger partial charge on any atom is 0.222 e. The summed E-state index contributed by atoms with van der Waals surface area (Å²) in [5, 5.41) is 10.3. The van der Waals surface area contributed by atoms with Crippen molar-refractivity contribution in [1.82, 2.24) is 9.97 Å². The first kappa shape index (κ1) is 16.8. The predicted octanol–water partition coefficient (Wildman–Crippen LogP) is 3.75. The van der Waals surface area contributed by atoms with Crippen molar-refractivity contribution in [3.8, 4) is 22.6 Å². The molecule has 3 aromatic carbocycles. The summed E-state index contributed by atoms with van der Waals surface area (Å²) in [6.07, 6.45) is 0. The van der Waals surface area contributed by atoms with E-state index in [1.54, 1.807) is 0 Å². The number of nitrogens with two attached hydrogens (primary N) is 2. The lowest BCUT2D eigenvalue weighted by atomic mass is 9.98. The molecule has 0 radical (unpaired) electrons. The molecular formula is C21H18N4O2. The number of hydrogen-bond acceptors (Lipinski definition) is 6. The molecular weight excluding hydrogens is 340 g/mol. The van der Waals surface area contributed by atoms with Gasteiger partial charge in [0.2, 0.25) is 5.95 Å². The van der Waals surface area contributed by atoms with Gasteiger partial charge < -0.3 is 21.3 Å². The normalized spacial score (nSPS) is 10.9. The summed E-state index contributed by atoms with van der Waals surface area (Å²) in [4.78, 5) is 8.39. The number of benzene rings is 3. The van der Waals surface area contributed by atoms with Gasteiger partial charge in [-0.3, -0.25) is 0 Å². The maximum absolute atomic E-state index is 9.69. The van der Waals surface area contributed by atoms with Gasteiger partial charge in [-0.1, -0.05) is 42.5 Å². The van der Waals surface area contributed by atoms with Gasteiger partial charge in [-0.15, -0.1) is 0 Å². The van der Waals surface area contributed by atoms with Crippen LogP contribution < -0.4 is 16.2 Å². The van der Waals surface area contributed by atoms with Gasteiger partial charge in [-0.25, -0.2) is 4.98 Å². The molecule has 0 saturated heterocycles. The Bertz CT molecular complexity index is 1110. The lowest BCUT2D eigenvalue weighted by Crippen LogP contribution is -2.02. The largest absolute Gasteiger partial charge is 0.456 e. The highest BCUT2D eigenvalue weighted by Gasteiger charge is 2.15. The zero-order chi connectivity index (χ0) is 18.8. The Balaban J connectivity index is 1.96. The van der Waals surface area contributed by atoms with E-state index >= 15 is 0 Å². The quantitative estimate of drug-likeness (QED) is 0.513. The van der Waals surface area contributed by atoms with Crippen LogP contribution in [0.1, 0.15) is 5.56 Å². The zero-order valence-electron chi connectivity index (χ0n) is 14.5. The van der Waals surface area contributed by atoms with E-state index in [0.29, 0.717) is 22.4 Å². The molecule has 0 aliphatic heterocycles. The first-order chi connectivity index (χ1) is 13.2. The number of aromatic nitrogens is 2. The maximum atomic E-state index is 9.69. The minimum absolute atomic E-state index is 0.0723. The summed E-state index contributed by atoms with van der Waals surface area (Å²) in [6.45, 7) is -0.0723. The summed E-state index contributed by atoms with van der Waals surface area (Å²) >= 11 is 0. The van der Waals surface area contributed by atoms with Gasteiger partial charge >= 0.3 is 0 Å². The zero-order valence-corrected chi connectivity index (χ0v) is 14.5. The van der Waals surface area contributed by atoms with Crippen LogP contribution in [0.25, 0.3) is 22.0 Å². The molecule has 0 amide bonds. The van der Waals surface area contributed by atoms with Crippen molar-refractivity contribution in [1.29, 1.82) is 0 Å². The van der Waals surface area contributed by atoms with Gasteiger partial charge in [0.1, 0.15) is 17.3 Å². The predicted molar refractivity (Wildman–Crippen MR) is 106 cm³/mol. The first-order valence-corrected chi connectivity index (χ1v) is 8.44. The molecule has 6 nitrogen and oxygen atoms in total. The van der Waals surface area contributed by atoms with Crippen molar-refractivity contribution in [3.05, 3.63) is 72.3 Å². The topological polar surface area (TPSA) is 107 Å². The molecule has 0 spiro atoms. The van der Waals surface area contributed by atoms with Crippen molar-refractivity contribution in [2.75, 3.05) is 11.5 Å². The van der Waals surface area contributed by atoms with Gasteiger partial charge in [0.15, 0.2) is 0 Å². The second kappa shape index (κ2) is 6.93. The minimum Gasteiger partial charge on any atom is -0.456 e. The number of nitrogens with zero attached hydrogens (tertiary/aromatic N) is 2. The third kappa shape index (κ3) is 3.26. The van der Waals surface area contributed by atoms with Gasteiger partial charge in [0, 0.05) is 0 Å². The van der Waals surface area contributed by atoms with Crippen LogP contribution in [0, 0.1) is 0 Å². The van der Waals surface area contributed by atoms with Crippen LogP contribution in [0.4, 0.5) is 11.8 Å². The molecule has 0 fully saturated rings. The average Bonchev–Trinajstić information content (AvgIpc) is 2.68. The molecule has 0 bridgehead atoms. The second-order valence-electron chi connectivity index (χ2n) is 6.07. The van der Waals surface area contributed by atoms with Crippen LogP contribution in [0.3, 0.4) is 0 Å². The fourth-order valence-electron chi connectivity index (χ4n) is 3.07. The van der Waals surface area contributed by atoms with Crippen molar-refractivity contribution in [3.63, 3.8) is 0 Å². The molecule has 0 unspecified atom stereocenters. The minimum atomic E-state index is -0.0723. The fourth-order valence-corrected chi connectivity index (χ4v) is 3.07. The van der Waals surface area contributed by atoms with Crippen LogP contribution >= 0.6 is 0 Å². The van der Waals surface area contributed by atoms with E-state index in [2.05, 4.69) is 9.97 Å². The fraction of sp³-hybridized carbons (Fsp3) is 0.0476. The van der Waals surface area contributed by atoms with Crippen LogP contribution in [-0.2, 0) is 6.61 Å². The Labute approximate surface area is 156 Å². The molecule has 4 aromatic rings. The lowest BCUT2D eigenvalue weighted by molar-refractivity contribution is 0.282. The van der Waals surface area contributed by atoms with E-state index in [0.717, 1.165) is 16.7 Å². The standard InChI is InChI=1S/C21H18N4O2/c22-20-19-17(24-21(23)25-20)10-14(16-9-5-4-6-13(16)12-26)11-18(19)27-15-7-2-1-3-8-15/h1-11,26H,12H2,(H4,22,23,24,25). The summed E-state index contributed by atoms with van der Waals surface area (Å²) < 4.78 is 6.08. The van der Waals surface area contributed by atoms with Crippen LogP contribution in [-0.4, -0.2) is 15.1 Å². The van der Waals surface area contributed by atoms with Crippen molar-refractivity contribution in [2.24, 2.45) is 0 Å². The molecule has 0 aliphatic rings. The molecule has 0 saturated carbocycles. The number of aliphatic hydroxyl groups excluding tert-OH is 1. The van der Waals surface area contributed by atoms with E-state index in [-0.39, 0.29) is 18.4 Å². The third-order valence-electron chi connectivity index (χ3n) is 4.28. The van der Waals surface area contributed by atoms with E-state index in [9.17, 15) is 5.11 Å². The Morgan fingerprint density at radius 1 is 0.889 bits per heavy atom. The van der Waals surface area contributed by atoms with Gasteiger partial charge in [-0.2, -0.15) is 4.98 Å². The smallest absolute Gasteiger partial charge is 0.222 e. The first-order valence-electron chi connectivity index (χ1n) is 8.44. The number of fused-ring (bicyclic) bond motifs is 1. The molecule has 1 aromatic heterocycles. The SMILES string of the molecule is Nc1nc(N)c2c(Oc3ccccc3)cc(-c3ccccc3CO)cc2n1. The van der Waals surface area contributed by atoms with E-state index in [1.165, 1.54) is 0 Å². The number of hydrogen-bond donors (Lipinski definition) is 3. The van der Waals surface area contributed by atoms with Crippen molar-refractivity contribution < 1.29 is 9.84 Å². The molecule has 1 heterocycles. The van der Waals surface area contributed by atoms with Gasteiger partial charge in [-0.05, 0) is 41.0 Å². The number of nitrogen functional groups attached to an aromatic ring is 2. The molecule has 5 N–H and O–H groups in total. The van der Waals surface area contributed by atoms with Gasteiger partial charge in [0.05, 0.1) is 17.5 Å². The van der Waals surface area contributed by atoms with Crippen molar-refractivity contribution in [2.45, 2.75) is 6.61 Å². The Hall–Kier alpha value is -3.64. The number of ether oxygens (including phenoxy) is 1. The van der Waals surface area contributed by atoms with Crippen LogP contribution in [0.15, 0.2) is 66.7 Å². The van der Waals surface area contributed by atoms with E-state index in [4.69, 9.17) is 16.2 Å². The number of para-hydroxylation sites is 1. The summed E-state index contributed by atoms with van der Waals surface area (Å²) in [6, 6.07) is 20.8. The van der Waals surface area contributed by atoms with Gasteiger partial charge in [0.25, 0.3) is 0 Å². The highest BCUT2D eigenvalue weighted by Crippen LogP contribution is 2.38. The summed E-state index contributed by atoms with van der Waals surface area (Å²) in [5.74, 6) is 1.55. The number of aliphatic hydroxyl groups is 1. The Morgan fingerprint density at radius 3 is 2.41 bits per heavy atom. The van der Waals surface area contributed by atoms with Crippen molar-refractivity contribution >= 4 is 22.7 Å². The monoisotopic (exact) mass is 358 g/mol. The molecule has 4 rings (SSSR count). The highest BCUT2D eigenvalue weighted by atomic mass is 16.5. The molecule has 0 aliphatic carbocycles. The van der Waals surface area contributed by atoms with Crippen LogP contribution in [0.2, 0.25) is 0 Å². The average molecular weight is 358 g/mol. The molecule has 134 valence electrons. The molecule has 0 atom stereocenters.